The Bertz CT molecular complexity index is 1070. The molecule has 2 aromatic carbocycles. The van der Waals surface area contributed by atoms with Crippen molar-refractivity contribution < 1.29 is 14.3 Å². The van der Waals surface area contributed by atoms with Crippen LogP contribution in [0.2, 0.25) is 0 Å². The second kappa shape index (κ2) is 7.91. The highest BCUT2D eigenvalue weighted by Crippen LogP contribution is 2.43. The van der Waals surface area contributed by atoms with E-state index in [-0.39, 0.29) is 11.6 Å². The van der Waals surface area contributed by atoms with Crippen molar-refractivity contribution in [2.75, 3.05) is 7.11 Å². The predicted molar refractivity (Wildman–Crippen MR) is 112 cm³/mol. The van der Waals surface area contributed by atoms with Gasteiger partial charge in [-0.2, -0.15) is 5.10 Å². The van der Waals surface area contributed by atoms with Gasteiger partial charge in [0.15, 0.2) is 0 Å². The highest BCUT2D eigenvalue weighted by Gasteiger charge is 2.46. The van der Waals surface area contributed by atoms with E-state index in [9.17, 15) is 9.18 Å². The van der Waals surface area contributed by atoms with Gasteiger partial charge in [0.05, 0.1) is 17.3 Å². The molecule has 0 aliphatic heterocycles. The molecule has 0 radical (unpaired) electrons. The molecule has 1 aromatic heterocycles. The lowest BCUT2D eigenvalue weighted by Gasteiger charge is -2.29. The van der Waals surface area contributed by atoms with E-state index in [1.807, 2.05) is 23.9 Å². The van der Waals surface area contributed by atoms with Crippen LogP contribution in [0.25, 0.3) is 5.69 Å². The summed E-state index contributed by atoms with van der Waals surface area (Å²) < 4.78 is 15.4. The van der Waals surface area contributed by atoms with E-state index in [4.69, 9.17) is 5.11 Å². The Morgan fingerprint density at radius 3 is 2.48 bits per heavy atom. The number of rotatable bonds is 3. The molecule has 0 unspecified atom stereocenters. The summed E-state index contributed by atoms with van der Waals surface area (Å²) in [7, 11) is 1.00. The smallest absolute Gasteiger partial charge is 0.141 e. The van der Waals surface area contributed by atoms with E-state index in [2.05, 4.69) is 31.1 Å². The Morgan fingerprint density at radius 1 is 1.10 bits per heavy atom. The standard InChI is InChI=1S/C23H23FN2O.CH4O/c1-14-6-5-7-20(16(14)3)23(17(4)27)11-18-13-25-26(22(18)12-23)21-9-8-19(24)10-15(21)2;1-2/h5-10,13H,11-12H2,1-4H3;2H,1H3/t23-;/m1./s1. The summed E-state index contributed by atoms with van der Waals surface area (Å²) in [5.74, 6) is -0.0803. The Morgan fingerprint density at radius 2 is 1.83 bits per heavy atom. The van der Waals surface area contributed by atoms with Gasteiger partial charge in [0.25, 0.3) is 0 Å². The van der Waals surface area contributed by atoms with Gasteiger partial charge in [-0.3, -0.25) is 4.79 Å². The van der Waals surface area contributed by atoms with Crippen molar-refractivity contribution in [2.45, 2.75) is 46.0 Å². The van der Waals surface area contributed by atoms with E-state index in [0.29, 0.717) is 12.8 Å². The van der Waals surface area contributed by atoms with Crippen molar-refractivity contribution in [1.82, 2.24) is 9.78 Å². The summed E-state index contributed by atoms with van der Waals surface area (Å²) in [4.78, 5) is 12.9. The lowest BCUT2D eigenvalue weighted by Crippen LogP contribution is -2.36. The first-order valence-corrected chi connectivity index (χ1v) is 9.68. The van der Waals surface area contributed by atoms with Gasteiger partial charge in [-0.05, 0) is 80.1 Å². The molecule has 29 heavy (non-hydrogen) atoms. The summed E-state index contributed by atoms with van der Waals surface area (Å²) in [5, 5.41) is 11.5. The molecule has 3 aromatic rings. The lowest BCUT2D eigenvalue weighted by molar-refractivity contribution is -0.122. The molecule has 5 heteroatoms. The summed E-state index contributed by atoms with van der Waals surface area (Å²) in [6.45, 7) is 7.74. The van der Waals surface area contributed by atoms with Gasteiger partial charge in [0, 0.05) is 19.2 Å². The van der Waals surface area contributed by atoms with Crippen LogP contribution in [0.4, 0.5) is 4.39 Å². The first-order valence-electron chi connectivity index (χ1n) is 9.68. The summed E-state index contributed by atoms with van der Waals surface area (Å²) in [6.07, 6.45) is 3.12. The lowest BCUT2D eigenvalue weighted by atomic mass is 9.72. The number of aliphatic hydroxyl groups is 1. The Hall–Kier alpha value is -2.79. The average molecular weight is 394 g/mol. The zero-order valence-corrected chi connectivity index (χ0v) is 17.6. The Labute approximate surface area is 171 Å². The molecule has 0 saturated heterocycles. The van der Waals surface area contributed by atoms with Crippen LogP contribution in [-0.4, -0.2) is 27.8 Å². The third kappa shape index (κ3) is 3.40. The zero-order valence-electron chi connectivity index (χ0n) is 17.6. The molecule has 0 bridgehead atoms. The monoisotopic (exact) mass is 394 g/mol. The number of aliphatic hydroxyl groups excluding tert-OH is 1. The SMILES string of the molecule is CC(=O)[C@@]1(c2cccc(C)c2C)Cc2cnn(-c3ccc(F)cc3C)c2C1.CO. The maximum absolute atomic E-state index is 13.5. The number of halogens is 1. The largest absolute Gasteiger partial charge is 0.400 e. The predicted octanol–water partition coefficient (Wildman–Crippen LogP) is 4.17. The molecule has 0 amide bonds. The fourth-order valence-electron chi connectivity index (χ4n) is 4.38. The van der Waals surface area contributed by atoms with Crippen LogP contribution < -0.4 is 0 Å². The number of fused-ring (bicyclic) bond motifs is 1. The number of ketones is 1. The van der Waals surface area contributed by atoms with Gasteiger partial charge < -0.3 is 5.11 Å². The van der Waals surface area contributed by atoms with Gasteiger partial charge in [0.1, 0.15) is 11.6 Å². The molecule has 4 nitrogen and oxygen atoms in total. The van der Waals surface area contributed by atoms with Gasteiger partial charge in [-0.25, -0.2) is 9.07 Å². The zero-order chi connectivity index (χ0) is 21.3. The number of aromatic nitrogens is 2. The molecule has 4 rings (SSSR count). The minimum absolute atomic E-state index is 0.176. The number of nitrogens with zero attached hydrogens (tertiary/aromatic N) is 2. The number of aryl methyl sites for hydroxylation is 2. The third-order valence-corrected chi connectivity index (χ3v) is 6.10. The molecule has 0 spiro atoms. The van der Waals surface area contributed by atoms with Gasteiger partial charge in [0.2, 0.25) is 0 Å². The van der Waals surface area contributed by atoms with E-state index >= 15 is 0 Å². The molecule has 0 fully saturated rings. The van der Waals surface area contributed by atoms with Crippen molar-refractivity contribution >= 4 is 5.78 Å². The first kappa shape index (κ1) is 20.9. The van der Waals surface area contributed by atoms with Crippen LogP contribution in [0.1, 0.15) is 40.4 Å². The van der Waals surface area contributed by atoms with Crippen LogP contribution in [0.3, 0.4) is 0 Å². The number of carbonyl (C=O) groups excluding carboxylic acids is 1. The van der Waals surface area contributed by atoms with E-state index < -0.39 is 5.41 Å². The fourth-order valence-corrected chi connectivity index (χ4v) is 4.38. The van der Waals surface area contributed by atoms with Crippen LogP contribution in [-0.2, 0) is 23.1 Å². The number of Topliss-reactive ketones (excluding diaryl/α,β-unsaturated/α-hetero) is 1. The van der Waals surface area contributed by atoms with Crippen LogP contribution in [0, 0.1) is 26.6 Å². The Balaban J connectivity index is 0.00000117. The van der Waals surface area contributed by atoms with E-state index in [1.54, 1.807) is 13.0 Å². The average Bonchev–Trinajstić information content (AvgIpc) is 3.25. The highest BCUT2D eigenvalue weighted by atomic mass is 19.1. The minimum Gasteiger partial charge on any atom is -0.400 e. The van der Waals surface area contributed by atoms with Gasteiger partial charge in [-0.15, -0.1) is 0 Å². The second-order valence-electron chi connectivity index (χ2n) is 7.70. The minimum atomic E-state index is -0.556. The third-order valence-electron chi connectivity index (χ3n) is 6.10. The number of carbonyl (C=O) groups is 1. The molecule has 1 N–H and O–H groups in total. The van der Waals surface area contributed by atoms with Crippen LogP contribution >= 0.6 is 0 Å². The number of hydrogen-bond donors (Lipinski definition) is 1. The maximum atomic E-state index is 13.5. The molecule has 0 saturated carbocycles. The molecular weight excluding hydrogens is 367 g/mol. The fraction of sp³-hybridized carbons (Fsp3) is 0.333. The normalized spacial score (nSPS) is 17.5. The topological polar surface area (TPSA) is 55.1 Å². The molecule has 1 aliphatic carbocycles. The first-order chi connectivity index (χ1) is 13.8. The maximum Gasteiger partial charge on any atom is 0.141 e. The Kier molecular flexibility index (Phi) is 5.71. The van der Waals surface area contributed by atoms with Crippen LogP contribution in [0.5, 0.6) is 0 Å². The highest BCUT2D eigenvalue weighted by molar-refractivity contribution is 5.90. The summed E-state index contributed by atoms with van der Waals surface area (Å²) >= 11 is 0. The molecule has 152 valence electrons. The second-order valence-corrected chi connectivity index (χ2v) is 7.70. The molecule has 1 aliphatic rings. The van der Waals surface area contributed by atoms with Crippen LogP contribution in [0.15, 0.2) is 42.6 Å². The molecule has 1 atom stereocenters. The van der Waals surface area contributed by atoms with Crippen molar-refractivity contribution in [1.29, 1.82) is 0 Å². The van der Waals surface area contributed by atoms with Crippen molar-refractivity contribution in [3.8, 4) is 5.69 Å². The number of benzene rings is 2. The summed E-state index contributed by atoms with van der Waals surface area (Å²) in [5.41, 5.74) is 6.74. The van der Waals surface area contributed by atoms with Crippen molar-refractivity contribution in [3.63, 3.8) is 0 Å². The molecular formula is C24H27FN2O2. The van der Waals surface area contributed by atoms with Gasteiger partial charge >= 0.3 is 0 Å². The summed E-state index contributed by atoms with van der Waals surface area (Å²) in [6, 6.07) is 10.9. The van der Waals surface area contributed by atoms with E-state index in [0.717, 1.165) is 35.2 Å². The van der Waals surface area contributed by atoms with Crippen molar-refractivity contribution in [2.24, 2.45) is 0 Å². The van der Waals surface area contributed by atoms with Gasteiger partial charge in [-0.1, -0.05) is 18.2 Å². The number of hydrogen-bond acceptors (Lipinski definition) is 3. The van der Waals surface area contributed by atoms with E-state index in [1.165, 1.54) is 23.3 Å². The van der Waals surface area contributed by atoms with Crippen molar-refractivity contribution in [3.05, 3.63) is 81.9 Å². The molecule has 1 heterocycles. The quantitative estimate of drug-likeness (QED) is 0.725.